The summed E-state index contributed by atoms with van der Waals surface area (Å²) >= 11 is 0. The fraction of sp³-hybridized carbons (Fsp3) is 0.545. The van der Waals surface area contributed by atoms with Crippen LogP contribution in [0.15, 0.2) is 36.5 Å². The molecule has 0 saturated carbocycles. The van der Waals surface area contributed by atoms with Gasteiger partial charge in [0.15, 0.2) is 0 Å². The maximum absolute atomic E-state index is 12.9. The standard InChI is InChI=1S/C22H30N4O.H2/c1-16-13-17(19-5-3-7-21-20(19)6-4-10-23-21)15-26(14-16)22(27)24-18-8-11-25(2)12-9-18;/h3-7,10,16-18H,8-9,11-15H2,1-2H3,(H,24,27);1H/t16-,17+;/m1./s1. The third-order valence-electron chi connectivity index (χ3n) is 6.11. The summed E-state index contributed by atoms with van der Waals surface area (Å²) in [4.78, 5) is 21.8. The maximum atomic E-state index is 12.9. The molecule has 0 bridgehead atoms. The van der Waals surface area contributed by atoms with Crippen LogP contribution in [0.2, 0.25) is 0 Å². The van der Waals surface area contributed by atoms with Gasteiger partial charge in [-0.3, -0.25) is 4.98 Å². The highest BCUT2D eigenvalue weighted by molar-refractivity contribution is 5.83. The molecule has 3 heterocycles. The monoisotopic (exact) mass is 368 g/mol. The average Bonchev–Trinajstić information content (AvgIpc) is 2.69. The minimum absolute atomic E-state index is 0. The van der Waals surface area contributed by atoms with Gasteiger partial charge in [0.25, 0.3) is 0 Å². The summed E-state index contributed by atoms with van der Waals surface area (Å²) in [5.74, 6) is 0.865. The maximum Gasteiger partial charge on any atom is 0.317 e. The van der Waals surface area contributed by atoms with Crippen LogP contribution in [0.1, 0.15) is 39.1 Å². The summed E-state index contributed by atoms with van der Waals surface area (Å²) in [5.41, 5.74) is 2.36. The molecule has 27 heavy (non-hydrogen) atoms. The van der Waals surface area contributed by atoms with E-state index in [1.807, 2.05) is 17.2 Å². The first-order chi connectivity index (χ1) is 13.1. The van der Waals surface area contributed by atoms with Gasteiger partial charge < -0.3 is 15.1 Å². The molecule has 2 amide bonds. The molecule has 1 aromatic heterocycles. The van der Waals surface area contributed by atoms with Gasteiger partial charge in [-0.2, -0.15) is 0 Å². The van der Waals surface area contributed by atoms with E-state index in [0.29, 0.717) is 17.9 Å². The Morgan fingerprint density at radius 3 is 2.81 bits per heavy atom. The molecule has 5 nitrogen and oxygen atoms in total. The number of nitrogens with zero attached hydrogens (tertiary/aromatic N) is 3. The van der Waals surface area contributed by atoms with E-state index in [2.05, 4.69) is 53.4 Å². The summed E-state index contributed by atoms with van der Waals surface area (Å²) in [7, 11) is 2.15. The molecule has 1 N–H and O–H groups in total. The second-order valence-corrected chi connectivity index (χ2v) is 8.39. The van der Waals surface area contributed by atoms with Gasteiger partial charge in [0.1, 0.15) is 0 Å². The topological polar surface area (TPSA) is 48.5 Å². The van der Waals surface area contributed by atoms with Crippen molar-refractivity contribution in [2.24, 2.45) is 5.92 Å². The fourth-order valence-corrected chi connectivity index (χ4v) is 4.64. The molecule has 0 spiro atoms. The van der Waals surface area contributed by atoms with Crippen LogP contribution < -0.4 is 5.32 Å². The number of hydrogen-bond acceptors (Lipinski definition) is 3. The van der Waals surface area contributed by atoms with E-state index in [1.54, 1.807) is 0 Å². The Labute approximate surface area is 163 Å². The molecule has 2 fully saturated rings. The number of fused-ring (bicyclic) bond motifs is 1. The summed E-state index contributed by atoms with van der Waals surface area (Å²) in [6.45, 7) is 6.01. The van der Waals surface area contributed by atoms with Crippen molar-refractivity contribution in [1.82, 2.24) is 20.1 Å². The zero-order valence-corrected chi connectivity index (χ0v) is 16.4. The average molecular weight is 369 g/mol. The third-order valence-corrected chi connectivity index (χ3v) is 6.11. The van der Waals surface area contributed by atoms with Crippen LogP contribution in [-0.2, 0) is 0 Å². The van der Waals surface area contributed by atoms with Crippen LogP contribution in [0.25, 0.3) is 10.9 Å². The Morgan fingerprint density at radius 2 is 2.00 bits per heavy atom. The van der Waals surface area contributed by atoms with Crippen molar-refractivity contribution >= 4 is 16.9 Å². The minimum atomic E-state index is 0. The first-order valence-corrected chi connectivity index (χ1v) is 10.2. The number of rotatable bonds is 2. The molecule has 5 heteroatoms. The molecule has 2 aromatic rings. The lowest BCUT2D eigenvalue weighted by Gasteiger charge is -2.38. The lowest BCUT2D eigenvalue weighted by molar-refractivity contribution is 0.150. The van der Waals surface area contributed by atoms with E-state index in [9.17, 15) is 4.79 Å². The smallest absolute Gasteiger partial charge is 0.317 e. The van der Waals surface area contributed by atoms with Crippen LogP contribution in [0.3, 0.4) is 0 Å². The van der Waals surface area contributed by atoms with Crippen molar-refractivity contribution in [1.29, 1.82) is 0 Å². The van der Waals surface area contributed by atoms with Crippen molar-refractivity contribution in [2.75, 3.05) is 33.2 Å². The van der Waals surface area contributed by atoms with Gasteiger partial charge in [0.05, 0.1) is 5.52 Å². The first-order valence-electron chi connectivity index (χ1n) is 10.2. The minimum Gasteiger partial charge on any atom is -0.335 e. The zero-order valence-electron chi connectivity index (χ0n) is 16.4. The summed E-state index contributed by atoms with van der Waals surface area (Å²) in [6, 6.07) is 10.9. The van der Waals surface area contributed by atoms with Crippen LogP contribution in [0, 0.1) is 5.92 Å². The lowest BCUT2D eigenvalue weighted by atomic mass is 9.84. The number of urea groups is 1. The van der Waals surface area contributed by atoms with Crippen LogP contribution in [-0.4, -0.2) is 60.1 Å². The van der Waals surface area contributed by atoms with Gasteiger partial charge in [-0.25, -0.2) is 4.79 Å². The molecule has 4 rings (SSSR count). The van der Waals surface area contributed by atoms with Gasteiger partial charge in [-0.05, 0) is 63.0 Å². The molecule has 1 aromatic carbocycles. The van der Waals surface area contributed by atoms with E-state index >= 15 is 0 Å². The Morgan fingerprint density at radius 1 is 1.19 bits per heavy atom. The number of hydrogen-bond donors (Lipinski definition) is 1. The fourth-order valence-electron chi connectivity index (χ4n) is 4.64. The van der Waals surface area contributed by atoms with Crippen LogP contribution >= 0.6 is 0 Å². The van der Waals surface area contributed by atoms with Crippen LogP contribution in [0.4, 0.5) is 4.79 Å². The van der Waals surface area contributed by atoms with E-state index in [4.69, 9.17) is 0 Å². The predicted molar refractivity (Wildman–Crippen MR) is 111 cm³/mol. The number of nitrogens with one attached hydrogen (secondary N) is 1. The normalized spacial score (nSPS) is 24.9. The van der Waals surface area contributed by atoms with Gasteiger partial charge in [-0.15, -0.1) is 0 Å². The quantitative estimate of drug-likeness (QED) is 0.879. The molecule has 0 radical (unpaired) electrons. The van der Waals surface area contributed by atoms with Gasteiger partial charge >= 0.3 is 6.03 Å². The number of likely N-dealkylation sites (tertiary alicyclic amines) is 2. The molecular formula is C22H32N4O. The number of pyridine rings is 1. The van der Waals surface area contributed by atoms with Crippen molar-refractivity contribution in [2.45, 2.75) is 38.1 Å². The number of carbonyl (C=O) groups is 1. The second-order valence-electron chi connectivity index (χ2n) is 8.39. The van der Waals surface area contributed by atoms with Crippen molar-refractivity contribution < 1.29 is 6.22 Å². The number of amides is 2. The van der Waals surface area contributed by atoms with Crippen LogP contribution in [0.5, 0.6) is 0 Å². The molecule has 2 saturated heterocycles. The molecule has 146 valence electrons. The number of carbonyl (C=O) groups excluding carboxylic acids is 1. The van der Waals surface area contributed by atoms with E-state index < -0.39 is 0 Å². The lowest BCUT2D eigenvalue weighted by Crippen LogP contribution is -2.52. The van der Waals surface area contributed by atoms with E-state index in [1.165, 1.54) is 10.9 Å². The first kappa shape index (κ1) is 18.2. The van der Waals surface area contributed by atoms with E-state index in [0.717, 1.165) is 51.0 Å². The molecular weight excluding hydrogens is 336 g/mol. The Balaban J connectivity index is 0.00000225. The molecule has 0 unspecified atom stereocenters. The molecule has 2 atom stereocenters. The Bertz CT molecular complexity index is 801. The third kappa shape index (κ3) is 4.08. The Hall–Kier alpha value is -2.14. The zero-order chi connectivity index (χ0) is 18.8. The largest absolute Gasteiger partial charge is 0.335 e. The summed E-state index contributed by atoms with van der Waals surface area (Å²) < 4.78 is 0. The second kappa shape index (κ2) is 7.85. The number of aromatic nitrogens is 1. The molecule has 2 aliphatic heterocycles. The van der Waals surface area contributed by atoms with Crippen molar-refractivity contribution in [3.8, 4) is 0 Å². The van der Waals surface area contributed by atoms with Gasteiger partial charge in [0, 0.05) is 38.1 Å². The summed E-state index contributed by atoms with van der Waals surface area (Å²) in [5, 5.41) is 4.50. The predicted octanol–water partition coefficient (Wildman–Crippen LogP) is 3.71. The van der Waals surface area contributed by atoms with E-state index in [-0.39, 0.29) is 7.46 Å². The number of piperidine rings is 2. The van der Waals surface area contributed by atoms with Crippen molar-refractivity contribution in [3.05, 3.63) is 42.1 Å². The highest BCUT2D eigenvalue weighted by atomic mass is 16.2. The molecule has 0 aliphatic carbocycles. The highest BCUT2D eigenvalue weighted by Crippen LogP contribution is 2.33. The highest BCUT2D eigenvalue weighted by Gasteiger charge is 2.31. The van der Waals surface area contributed by atoms with Gasteiger partial charge in [-0.1, -0.05) is 25.1 Å². The van der Waals surface area contributed by atoms with Crippen molar-refractivity contribution in [3.63, 3.8) is 0 Å². The SMILES string of the molecule is C[C@@H]1C[C@H](c2cccc3ncccc23)CN(C(=O)NC2CCN(C)CC2)C1.[HH]. The number of benzene rings is 1. The molecule has 2 aliphatic rings. The van der Waals surface area contributed by atoms with Gasteiger partial charge in [0.2, 0.25) is 0 Å². The Kier molecular flexibility index (Phi) is 5.30. The summed E-state index contributed by atoms with van der Waals surface area (Å²) in [6.07, 6.45) is 5.05.